The fourth-order valence-corrected chi connectivity index (χ4v) is 3.92. The van der Waals surface area contributed by atoms with E-state index in [0.717, 1.165) is 5.56 Å². The molecule has 3 nitrogen and oxygen atoms in total. The summed E-state index contributed by atoms with van der Waals surface area (Å²) in [5.74, 6) is -0.209. The monoisotopic (exact) mass is 414 g/mol. The summed E-state index contributed by atoms with van der Waals surface area (Å²) in [7, 11) is 0. The summed E-state index contributed by atoms with van der Waals surface area (Å²) in [5, 5.41) is 1.27. The maximum atomic E-state index is 13.4. The van der Waals surface area contributed by atoms with Crippen molar-refractivity contribution in [2.75, 3.05) is 0 Å². The fraction of sp³-hybridized carbons (Fsp3) is 0.0476. The number of hydrogen-bond donors (Lipinski definition) is 0. The second-order valence-corrected chi connectivity index (χ2v) is 7.47. The van der Waals surface area contributed by atoms with Gasteiger partial charge in [-0.2, -0.15) is 0 Å². The standard InChI is InChI=1S/C21H13ClF2N2OS/c22-14-3-10-19-18(11-14)20(27)26(17-8-6-16(24)7-9-17)21(25-19)28-12-13-1-4-15(23)5-2-13/h1-11H,12H2. The minimum absolute atomic E-state index is 0.291. The summed E-state index contributed by atoms with van der Waals surface area (Å²) in [6.45, 7) is 0. The van der Waals surface area contributed by atoms with E-state index in [9.17, 15) is 13.6 Å². The van der Waals surface area contributed by atoms with Crippen LogP contribution in [-0.2, 0) is 5.75 Å². The lowest BCUT2D eigenvalue weighted by molar-refractivity contribution is 0.626. The Labute approximate surface area is 168 Å². The van der Waals surface area contributed by atoms with Crippen molar-refractivity contribution in [3.63, 3.8) is 0 Å². The van der Waals surface area contributed by atoms with Gasteiger partial charge in [0, 0.05) is 10.8 Å². The zero-order valence-electron chi connectivity index (χ0n) is 14.4. The average molecular weight is 415 g/mol. The van der Waals surface area contributed by atoms with Crippen LogP contribution in [0.2, 0.25) is 5.02 Å². The molecule has 0 atom stereocenters. The van der Waals surface area contributed by atoms with Gasteiger partial charge >= 0.3 is 0 Å². The van der Waals surface area contributed by atoms with Gasteiger partial charge in [-0.25, -0.2) is 13.8 Å². The Morgan fingerprint density at radius 2 is 1.57 bits per heavy atom. The maximum Gasteiger partial charge on any atom is 0.266 e. The zero-order chi connectivity index (χ0) is 19.7. The fourth-order valence-electron chi connectivity index (χ4n) is 2.78. The first-order valence-corrected chi connectivity index (χ1v) is 9.73. The van der Waals surface area contributed by atoms with E-state index >= 15 is 0 Å². The number of hydrogen-bond acceptors (Lipinski definition) is 3. The number of rotatable bonds is 4. The molecule has 0 bridgehead atoms. The first kappa shape index (κ1) is 18.7. The van der Waals surface area contributed by atoms with Gasteiger partial charge in [0.1, 0.15) is 11.6 Å². The molecule has 0 aliphatic heterocycles. The maximum absolute atomic E-state index is 13.4. The highest BCUT2D eigenvalue weighted by atomic mass is 35.5. The Kier molecular flexibility index (Phi) is 5.15. The van der Waals surface area contributed by atoms with Gasteiger partial charge in [-0.3, -0.25) is 9.36 Å². The van der Waals surface area contributed by atoms with Crippen molar-refractivity contribution in [3.8, 4) is 5.69 Å². The first-order chi connectivity index (χ1) is 13.5. The van der Waals surface area contributed by atoms with Crippen LogP contribution in [0.4, 0.5) is 8.78 Å². The van der Waals surface area contributed by atoms with E-state index in [-0.39, 0.29) is 11.4 Å². The van der Waals surface area contributed by atoms with E-state index in [0.29, 0.717) is 32.5 Å². The van der Waals surface area contributed by atoms with Crippen molar-refractivity contribution in [1.29, 1.82) is 0 Å². The molecule has 0 saturated heterocycles. The minimum Gasteiger partial charge on any atom is -0.268 e. The summed E-state index contributed by atoms with van der Waals surface area (Å²) in [4.78, 5) is 17.8. The molecule has 1 heterocycles. The Balaban J connectivity index is 1.84. The van der Waals surface area contributed by atoms with Crippen LogP contribution in [0.5, 0.6) is 0 Å². The quantitative estimate of drug-likeness (QED) is 0.321. The molecule has 28 heavy (non-hydrogen) atoms. The van der Waals surface area contributed by atoms with Crippen molar-refractivity contribution < 1.29 is 8.78 Å². The summed E-state index contributed by atoms with van der Waals surface area (Å²) < 4.78 is 27.9. The van der Waals surface area contributed by atoms with E-state index in [1.165, 1.54) is 52.7 Å². The molecule has 0 unspecified atom stereocenters. The molecule has 0 aliphatic carbocycles. The van der Waals surface area contributed by atoms with Gasteiger partial charge in [0.25, 0.3) is 5.56 Å². The Morgan fingerprint density at radius 3 is 2.25 bits per heavy atom. The number of aromatic nitrogens is 2. The van der Waals surface area contributed by atoms with Crippen LogP contribution in [0, 0.1) is 11.6 Å². The van der Waals surface area contributed by atoms with Gasteiger partial charge in [-0.05, 0) is 60.2 Å². The van der Waals surface area contributed by atoms with Gasteiger partial charge < -0.3 is 0 Å². The molecule has 0 saturated carbocycles. The van der Waals surface area contributed by atoms with Crippen molar-refractivity contribution >= 4 is 34.3 Å². The molecule has 140 valence electrons. The first-order valence-electron chi connectivity index (χ1n) is 8.37. The number of fused-ring (bicyclic) bond motifs is 1. The van der Waals surface area contributed by atoms with Crippen molar-refractivity contribution in [3.05, 3.63) is 99.3 Å². The van der Waals surface area contributed by atoms with Crippen molar-refractivity contribution in [2.45, 2.75) is 10.9 Å². The van der Waals surface area contributed by atoms with Crippen LogP contribution in [0.3, 0.4) is 0 Å². The average Bonchev–Trinajstić information content (AvgIpc) is 2.69. The lowest BCUT2D eigenvalue weighted by atomic mass is 10.2. The van der Waals surface area contributed by atoms with E-state index < -0.39 is 5.82 Å². The molecule has 0 spiro atoms. The van der Waals surface area contributed by atoms with Gasteiger partial charge in [0.15, 0.2) is 5.16 Å². The third-order valence-electron chi connectivity index (χ3n) is 4.17. The molecule has 0 N–H and O–H groups in total. The summed E-state index contributed by atoms with van der Waals surface area (Å²) >= 11 is 7.38. The minimum atomic E-state index is -0.394. The van der Waals surface area contributed by atoms with Crippen LogP contribution in [0.25, 0.3) is 16.6 Å². The number of thioether (sulfide) groups is 1. The molecule has 0 amide bonds. The van der Waals surface area contributed by atoms with Gasteiger partial charge in [0.2, 0.25) is 0 Å². The Bertz CT molecular complexity index is 1210. The lowest BCUT2D eigenvalue weighted by Gasteiger charge is -2.13. The molecule has 0 radical (unpaired) electrons. The SMILES string of the molecule is O=c1c2cc(Cl)ccc2nc(SCc2ccc(F)cc2)n1-c1ccc(F)cc1. The normalized spacial score (nSPS) is 11.1. The van der Waals surface area contributed by atoms with Gasteiger partial charge in [0.05, 0.1) is 16.6 Å². The number of halogens is 3. The lowest BCUT2D eigenvalue weighted by Crippen LogP contribution is -2.21. The summed E-state index contributed by atoms with van der Waals surface area (Å²) in [6, 6.07) is 16.7. The molecule has 3 aromatic carbocycles. The summed E-state index contributed by atoms with van der Waals surface area (Å²) in [6.07, 6.45) is 0. The van der Waals surface area contributed by atoms with E-state index in [1.807, 2.05) is 0 Å². The highest BCUT2D eigenvalue weighted by Gasteiger charge is 2.14. The Morgan fingerprint density at radius 1 is 0.929 bits per heavy atom. The zero-order valence-corrected chi connectivity index (χ0v) is 16.0. The third-order valence-corrected chi connectivity index (χ3v) is 5.41. The largest absolute Gasteiger partial charge is 0.268 e. The van der Waals surface area contributed by atoms with Crippen LogP contribution in [0.1, 0.15) is 5.56 Å². The molecular formula is C21H13ClF2N2OS. The predicted octanol–water partition coefficient (Wildman–Crippen LogP) is 5.61. The molecule has 4 aromatic rings. The van der Waals surface area contributed by atoms with Crippen molar-refractivity contribution in [2.24, 2.45) is 0 Å². The van der Waals surface area contributed by atoms with Gasteiger partial charge in [-0.15, -0.1) is 0 Å². The van der Waals surface area contributed by atoms with E-state index in [4.69, 9.17) is 11.6 Å². The van der Waals surface area contributed by atoms with Gasteiger partial charge in [-0.1, -0.05) is 35.5 Å². The van der Waals surface area contributed by atoms with Crippen molar-refractivity contribution in [1.82, 2.24) is 9.55 Å². The second kappa shape index (κ2) is 7.73. The molecule has 1 aromatic heterocycles. The third kappa shape index (κ3) is 3.79. The topological polar surface area (TPSA) is 34.9 Å². The molecular weight excluding hydrogens is 402 g/mol. The van der Waals surface area contributed by atoms with E-state index in [1.54, 1.807) is 30.3 Å². The highest BCUT2D eigenvalue weighted by molar-refractivity contribution is 7.98. The predicted molar refractivity (Wildman–Crippen MR) is 108 cm³/mol. The molecule has 0 aliphatic rings. The number of benzene rings is 3. The molecule has 4 rings (SSSR count). The van der Waals surface area contributed by atoms with Crippen LogP contribution in [-0.4, -0.2) is 9.55 Å². The summed E-state index contributed by atoms with van der Waals surface area (Å²) in [5.41, 5.74) is 1.62. The highest BCUT2D eigenvalue weighted by Crippen LogP contribution is 2.26. The smallest absolute Gasteiger partial charge is 0.266 e. The van der Waals surface area contributed by atoms with Crippen LogP contribution < -0.4 is 5.56 Å². The molecule has 0 fully saturated rings. The van der Waals surface area contributed by atoms with Crippen LogP contribution in [0.15, 0.2) is 76.7 Å². The second-order valence-electron chi connectivity index (χ2n) is 6.09. The van der Waals surface area contributed by atoms with Crippen LogP contribution >= 0.6 is 23.4 Å². The molecule has 7 heteroatoms. The Hall–Kier alpha value is -2.70. The van der Waals surface area contributed by atoms with E-state index in [2.05, 4.69) is 4.98 Å². The number of nitrogens with zero attached hydrogens (tertiary/aromatic N) is 2.